The average Bonchev–Trinajstić information content (AvgIpc) is 3.06. The van der Waals surface area contributed by atoms with Crippen LogP contribution in [0.3, 0.4) is 0 Å². The number of hydrogen-bond acceptors (Lipinski definition) is 10. The number of carbonyl (C=O) groups excluding carboxylic acids is 5. The van der Waals surface area contributed by atoms with Gasteiger partial charge in [0, 0.05) is 62.9 Å². The predicted molar refractivity (Wildman–Crippen MR) is 158 cm³/mol. The largest absolute Gasteiger partial charge is 0.497 e. The number of nitrogens with zero attached hydrogens (tertiary/aromatic N) is 5. The molecule has 15 nitrogen and oxygen atoms in total. The SMILES string of the molecule is COC(=O)CC1C(=O)N(CC(=O)O)CCN1C(=O)C(CC(=O)N1CCN(c2ccncc2)CC1)NC(=O)c1ccc(OC)cc1. The van der Waals surface area contributed by atoms with Crippen LogP contribution in [0.25, 0.3) is 0 Å². The third-order valence-electron chi connectivity index (χ3n) is 7.78. The maximum absolute atomic E-state index is 14.0. The Morgan fingerprint density at radius 3 is 2.22 bits per heavy atom. The first kappa shape index (κ1) is 32.7. The van der Waals surface area contributed by atoms with Crippen molar-refractivity contribution in [3.8, 4) is 5.75 Å². The number of amides is 4. The molecule has 15 heteroatoms. The van der Waals surface area contributed by atoms with Crippen LogP contribution in [0, 0.1) is 0 Å². The minimum atomic E-state index is -1.38. The van der Waals surface area contributed by atoms with E-state index in [4.69, 9.17) is 9.47 Å². The van der Waals surface area contributed by atoms with Gasteiger partial charge in [0.15, 0.2) is 0 Å². The molecule has 3 heterocycles. The smallest absolute Gasteiger partial charge is 0.323 e. The second kappa shape index (κ2) is 15.0. The molecule has 240 valence electrons. The van der Waals surface area contributed by atoms with Gasteiger partial charge in [-0.2, -0.15) is 0 Å². The van der Waals surface area contributed by atoms with Gasteiger partial charge in [-0.05, 0) is 36.4 Å². The lowest BCUT2D eigenvalue weighted by Gasteiger charge is -2.41. The van der Waals surface area contributed by atoms with Gasteiger partial charge < -0.3 is 39.5 Å². The molecular formula is C30H36N6O9. The predicted octanol–water partition coefficient (Wildman–Crippen LogP) is -0.385. The number of anilines is 1. The van der Waals surface area contributed by atoms with E-state index in [1.165, 1.54) is 19.2 Å². The molecule has 2 fully saturated rings. The average molecular weight is 625 g/mol. The number of pyridine rings is 1. The molecular weight excluding hydrogens is 588 g/mol. The first-order chi connectivity index (χ1) is 21.6. The molecule has 1 aromatic carbocycles. The number of carboxylic acids is 1. The maximum Gasteiger partial charge on any atom is 0.323 e. The van der Waals surface area contributed by atoms with Gasteiger partial charge in [0.2, 0.25) is 17.7 Å². The van der Waals surface area contributed by atoms with E-state index in [2.05, 4.69) is 15.2 Å². The Morgan fingerprint density at radius 1 is 0.956 bits per heavy atom. The third-order valence-corrected chi connectivity index (χ3v) is 7.78. The molecule has 2 unspecified atom stereocenters. The van der Waals surface area contributed by atoms with Crippen molar-refractivity contribution < 1.29 is 43.3 Å². The lowest BCUT2D eigenvalue weighted by atomic mass is 10.0. The molecule has 2 saturated heterocycles. The highest BCUT2D eigenvalue weighted by Crippen LogP contribution is 2.20. The molecule has 45 heavy (non-hydrogen) atoms. The zero-order valence-corrected chi connectivity index (χ0v) is 25.1. The van der Waals surface area contributed by atoms with E-state index in [9.17, 15) is 33.9 Å². The summed E-state index contributed by atoms with van der Waals surface area (Å²) in [7, 11) is 2.61. The van der Waals surface area contributed by atoms with Crippen LogP contribution < -0.4 is 15.0 Å². The molecule has 0 aliphatic carbocycles. The van der Waals surface area contributed by atoms with E-state index in [0.717, 1.165) is 22.6 Å². The van der Waals surface area contributed by atoms with Crippen molar-refractivity contribution in [3.05, 3.63) is 54.4 Å². The van der Waals surface area contributed by atoms with Crippen molar-refractivity contribution in [3.63, 3.8) is 0 Å². The number of carbonyl (C=O) groups is 6. The molecule has 2 N–H and O–H groups in total. The van der Waals surface area contributed by atoms with Crippen molar-refractivity contribution in [1.82, 2.24) is 25.0 Å². The fourth-order valence-corrected chi connectivity index (χ4v) is 5.32. The molecule has 4 rings (SSSR count). The molecule has 4 amide bonds. The summed E-state index contributed by atoms with van der Waals surface area (Å²) in [5.41, 5.74) is 1.18. The molecule has 0 saturated carbocycles. The summed E-state index contributed by atoms with van der Waals surface area (Å²) in [5, 5.41) is 11.9. The quantitative estimate of drug-likeness (QED) is 0.311. The number of esters is 1. The number of ether oxygens (including phenoxy) is 2. The third kappa shape index (κ3) is 8.25. The Kier molecular flexibility index (Phi) is 10.9. The van der Waals surface area contributed by atoms with E-state index in [-0.39, 0.29) is 24.6 Å². The lowest BCUT2D eigenvalue weighted by Crippen LogP contribution is -2.63. The van der Waals surface area contributed by atoms with Gasteiger partial charge in [0.05, 0.1) is 27.1 Å². The highest BCUT2D eigenvalue weighted by molar-refractivity contribution is 6.01. The van der Waals surface area contributed by atoms with Crippen molar-refractivity contribution in [2.45, 2.75) is 24.9 Å². The Hall–Kier alpha value is -5.21. The summed E-state index contributed by atoms with van der Waals surface area (Å²) in [5.74, 6) is -4.03. The molecule has 2 aliphatic heterocycles. The Morgan fingerprint density at radius 2 is 1.62 bits per heavy atom. The number of benzene rings is 1. The number of piperazine rings is 2. The van der Waals surface area contributed by atoms with Crippen molar-refractivity contribution >= 4 is 41.3 Å². The number of hydrogen-bond donors (Lipinski definition) is 2. The molecule has 0 bridgehead atoms. The van der Waals surface area contributed by atoms with Gasteiger partial charge in [0.25, 0.3) is 5.91 Å². The van der Waals surface area contributed by atoms with E-state index < -0.39 is 61.1 Å². The van der Waals surface area contributed by atoms with Gasteiger partial charge in [0.1, 0.15) is 24.4 Å². The standard InChI is InChI=1S/C30H36N6O9/c1-44-22-5-3-20(4-6-22)28(41)32-23(17-25(37)34-13-11-33(12-14-34)21-7-9-31-10-8-21)29(42)36-16-15-35(19-26(38)39)30(43)24(36)18-27(40)45-2/h3-10,23-24H,11-19H2,1-2H3,(H,32,41)(H,38,39). The molecule has 1 aromatic heterocycles. The molecule has 2 aliphatic rings. The van der Waals surface area contributed by atoms with Gasteiger partial charge in [-0.1, -0.05) is 0 Å². The van der Waals surface area contributed by atoms with Crippen molar-refractivity contribution in [1.29, 1.82) is 0 Å². The van der Waals surface area contributed by atoms with Crippen LogP contribution >= 0.6 is 0 Å². The molecule has 0 radical (unpaired) electrons. The number of carboxylic acid groups (broad SMARTS) is 1. The number of rotatable bonds is 11. The normalized spacial score (nSPS) is 17.4. The molecule has 2 atom stereocenters. The fourth-order valence-electron chi connectivity index (χ4n) is 5.32. The number of nitrogens with one attached hydrogen (secondary N) is 1. The first-order valence-corrected chi connectivity index (χ1v) is 14.4. The summed E-state index contributed by atoms with van der Waals surface area (Å²) in [6, 6.07) is 7.15. The Labute approximate surface area is 259 Å². The fraction of sp³-hybridized carbons (Fsp3) is 0.433. The topological polar surface area (TPSA) is 179 Å². The van der Waals surface area contributed by atoms with Crippen LogP contribution in [-0.4, -0.2) is 132 Å². The maximum atomic E-state index is 14.0. The highest BCUT2D eigenvalue weighted by atomic mass is 16.5. The van der Waals surface area contributed by atoms with Crippen LogP contribution in [0.2, 0.25) is 0 Å². The minimum Gasteiger partial charge on any atom is -0.497 e. The zero-order valence-electron chi connectivity index (χ0n) is 25.1. The molecule has 0 spiro atoms. The van der Waals surface area contributed by atoms with E-state index in [1.807, 2.05) is 12.1 Å². The molecule has 2 aromatic rings. The van der Waals surface area contributed by atoms with Gasteiger partial charge in [-0.3, -0.25) is 33.8 Å². The van der Waals surface area contributed by atoms with Crippen molar-refractivity contribution in [2.24, 2.45) is 0 Å². The second-order valence-corrected chi connectivity index (χ2v) is 10.5. The zero-order chi connectivity index (χ0) is 32.5. The Bertz CT molecular complexity index is 1400. The van der Waals surface area contributed by atoms with Crippen LogP contribution in [0.1, 0.15) is 23.2 Å². The van der Waals surface area contributed by atoms with Gasteiger partial charge in [-0.25, -0.2) is 0 Å². The highest BCUT2D eigenvalue weighted by Gasteiger charge is 2.42. The Balaban J connectivity index is 1.54. The number of aromatic nitrogens is 1. The summed E-state index contributed by atoms with van der Waals surface area (Å²) in [4.78, 5) is 87.5. The number of aliphatic carboxylic acids is 1. The van der Waals surface area contributed by atoms with Crippen molar-refractivity contribution in [2.75, 3.05) is 64.9 Å². The van der Waals surface area contributed by atoms with E-state index >= 15 is 0 Å². The van der Waals surface area contributed by atoms with E-state index in [0.29, 0.717) is 31.9 Å². The first-order valence-electron chi connectivity index (χ1n) is 14.4. The second-order valence-electron chi connectivity index (χ2n) is 10.5. The van der Waals surface area contributed by atoms with Crippen LogP contribution in [0.15, 0.2) is 48.8 Å². The minimum absolute atomic E-state index is 0.112. The number of methoxy groups -OCH3 is 2. The summed E-state index contributed by atoms with van der Waals surface area (Å²) in [6.45, 7) is 1.02. The van der Waals surface area contributed by atoms with Crippen LogP contribution in [0.4, 0.5) is 5.69 Å². The lowest BCUT2D eigenvalue weighted by molar-refractivity contribution is -0.159. The van der Waals surface area contributed by atoms with Crippen LogP contribution in [-0.2, 0) is 28.7 Å². The summed E-state index contributed by atoms with van der Waals surface area (Å²) < 4.78 is 9.86. The van der Waals surface area contributed by atoms with Gasteiger partial charge >= 0.3 is 11.9 Å². The van der Waals surface area contributed by atoms with Gasteiger partial charge in [-0.15, -0.1) is 0 Å². The van der Waals surface area contributed by atoms with E-state index in [1.54, 1.807) is 29.4 Å². The monoisotopic (exact) mass is 624 g/mol. The van der Waals surface area contributed by atoms with Crippen LogP contribution in [0.5, 0.6) is 5.75 Å². The summed E-state index contributed by atoms with van der Waals surface area (Å²) >= 11 is 0. The summed E-state index contributed by atoms with van der Waals surface area (Å²) in [6.07, 6.45) is 2.45.